The summed E-state index contributed by atoms with van der Waals surface area (Å²) in [6, 6.07) is 16.0. The predicted octanol–water partition coefficient (Wildman–Crippen LogP) is 3.37. The number of hydrogen-bond acceptors (Lipinski definition) is 3. The Morgan fingerprint density at radius 1 is 1.12 bits per heavy atom. The molecular weight excluding hydrogens is 326 g/mol. The van der Waals surface area contributed by atoms with Crippen molar-refractivity contribution in [2.45, 2.75) is 12.8 Å². The van der Waals surface area contributed by atoms with Gasteiger partial charge in [-0.25, -0.2) is 0 Å². The van der Waals surface area contributed by atoms with Crippen molar-refractivity contribution in [2.75, 3.05) is 11.9 Å². The third-order valence-electron chi connectivity index (χ3n) is 5.25. The molecule has 2 N–H and O–H groups in total. The van der Waals surface area contributed by atoms with Crippen molar-refractivity contribution in [3.63, 3.8) is 0 Å². The monoisotopic (exact) mass is 343 g/mol. The number of hydrogen-bond donors (Lipinski definition) is 2. The van der Waals surface area contributed by atoms with Crippen molar-refractivity contribution in [3.05, 3.63) is 77.1 Å². The molecule has 0 bridgehead atoms. The number of rotatable bonds is 1. The number of imide groups is 1. The van der Waals surface area contributed by atoms with Crippen molar-refractivity contribution < 1.29 is 9.59 Å². The summed E-state index contributed by atoms with van der Waals surface area (Å²) in [4.78, 5) is 29.7. The Morgan fingerprint density at radius 3 is 2.69 bits per heavy atom. The highest BCUT2D eigenvalue weighted by Crippen LogP contribution is 2.45. The van der Waals surface area contributed by atoms with Crippen LogP contribution >= 0.6 is 0 Å². The van der Waals surface area contributed by atoms with E-state index >= 15 is 0 Å². The fourth-order valence-electron chi connectivity index (χ4n) is 4.10. The van der Waals surface area contributed by atoms with Crippen molar-refractivity contribution in [1.82, 2.24) is 9.88 Å². The molecule has 3 aromatic rings. The molecule has 5 rings (SSSR count). The van der Waals surface area contributed by atoms with Gasteiger partial charge in [-0.15, -0.1) is 0 Å². The molecule has 1 atom stereocenters. The highest BCUT2D eigenvalue weighted by Gasteiger charge is 2.41. The molecule has 128 valence electrons. The summed E-state index contributed by atoms with van der Waals surface area (Å²) in [6.45, 7) is 1.72. The van der Waals surface area contributed by atoms with Crippen LogP contribution in [0.5, 0.6) is 0 Å². The van der Waals surface area contributed by atoms with Crippen LogP contribution in [0.25, 0.3) is 10.9 Å². The molecule has 0 aliphatic carbocycles. The first-order valence-corrected chi connectivity index (χ1v) is 8.62. The first-order valence-electron chi connectivity index (χ1n) is 8.62. The minimum Gasteiger partial charge on any atom is -0.361 e. The van der Waals surface area contributed by atoms with Crippen LogP contribution in [0, 0.1) is 0 Å². The highest BCUT2D eigenvalue weighted by atomic mass is 16.2. The fourth-order valence-corrected chi connectivity index (χ4v) is 4.10. The molecule has 2 amide bonds. The second-order valence-corrected chi connectivity index (χ2v) is 6.74. The predicted molar refractivity (Wildman–Crippen MR) is 99.6 cm³/mol. The Bertz CT molecular complexity index is 1090. The highest BCUT2D eigenvalue weighted by molar-refractivity contribution is 6.11. The average Bonchev–Trinajstić information content (AvgIpc) is 3.16. The number of nitrogens with zero attached hydrogens (tertiary/aromatic N) is 1. The lowest BCUT2D eigenvalue weighted by Crippen LogP contribution is -2.33. The number of aromatic amines is 1. The van der Waals surface area contributed by atoms with Crippen molar-refractivity contribution in [2.24, 2.45) is 0 Å². The van der Waals surface area contributed by atoms with E-state index in [1.807, 2.05) is 54.7 Å². The molecule has 0 radical (unpaired) electrons. The topological polar surface area (TPSA) is 65.2 Å². The zero-order valence-corrected chi connectivity index (χ0v) is 14.2. The number of aromatic nitrogens is 1. The maximum absolute atomic E-state index is 13.1. The zero-order valence-electron chi connectivity index (χ0n) is 14.2. The van der Waals surface area contributed by atoms with Gasteiger partial charge in [0.2, 0.25) is 5.91 Å². The largest absolute Gasteiger partial charge is 0.361 e. The summed E-state index contributed by atoms with van der Waals surface area (Å²) in [5, 5.41) is 4.53. The SMILES string of the molecule is CC(=O)N1CC2=C(C1=O)C(c1ccccc1)c1c[nH]c3cccc(c13)N2. The molecule has 3 heterocycles. The second-order valence-electron chi connectivity index (χ2n) is 6.74. The Labute approximate surface area is 150 Å². The summed E-state index contributed by atoms with van der Waals surface area (Å²) in [5.74, 6) is -0.659. The molecule has 0 spiro atoms. The molecule has 5 heteroatoms. The lowest BCUT2D eigenvalue weighted by atomic mass is 9.84. The van der Waals surface area contributed by atoms with Gasteiger partial charge in [0.1, 0.15) is 0 Å². The summed E-state index contributed by atoms with van der Waals surface area (Å²) in [6.07, 6.45) is 1.98. The van der Waals surface area contributed by atoms with Crippen LogP contribution in [0.3, 0.4) is 0 Å². The molecule has 1 unspecified atom stereocenters. The molecule has 0 saturated heterocycles. The van der Waals surface area contributed by atoms with E-state index in [4.69, 9.17) is 0 Å². The van der Waals surface area contributed by atoms with Crippen LogP contribution < -0.4 is 5.32 Å². The number of H-pyrrole nitrogens is 1. The van der Waals surface area contributed by atoms with E-state index in [0.717, 1.165) is 33.4 Å². The molecule has 1 aromatic heterocycles. The summed E-state index contributed by atoms with van der Waals surface area (Å²) < 4.78 is 0. The molecule has 2 aliphatic heterocycles. The van der Waals surface area contributed by atoms with Crippen LogP contribution in [0.1, 0.15) is 24.0 Å². The molecule has 0 saturated carbocycles. The molecular formula is C21H17N3O2. The summed E-state index contributed by atoms with van der Waals surface area (Å²) in [5.41, 5.74) is 5.55. The second kappa shape index (κ2) is 5.33. The molecule has 5 nitrogen and oxygen atoms in total. The van der Waals surface area contributed by atoms with Crippen LogP contribution in [0.15, 0.2) is 66.0 Å². The van der Waals surface area contributed by atoms with Crippen molar-refractivity contribution in [3.8, 4) is 0 Å². The average molecular weight is 343 g/mol. The first kappa shape index (κ1) is 15.0. The number of carbonyl (C=O) groups is 2. The number of benzene rings is 2. The van der Waals surface area contributed by atoms with Gasteiger partial charge < -0.3 is 10.3 Å². The minimum atomic E-state index is -0.232. The normalized spacial score (nSPS) is 18.7. The van der Waals surface area contributed by atoms with Gasteiger partial charge in [0.15, 0.2) is 0 Å². The van der Waals surface area contributed by atoms with E-state index in [9.17, 15) is 9.59 Å². The smallest absolute Gasteiger partial charge is 0.259 e. The lowest BCUT2D eigenvalue weighted by Gasteiger charge is -2.19. The van der Waals surface area contributed by atoms with Crippen LogP contribution in [-0.4, -0.2) is 28.2 Å². The Kier molecular flexibility index (Phi) is 3.06. The summed E-state index contributed by atoms with van der Waals surface area (Å²) in [7, 11) is 0. The number of carbonyl (C=O) groups excluding carboxylic acids is 2. The fraction of sp³-hybridized carbons (Fsp3) is 0.143. The maximum Gasteiger partial charge on any atom is 0.259 e. The van der Waals surface area contributed by atoms with E-state index < -0.39 is 0 Å². The van der Waals surface area contributed by atoms with E-state index in [0.29, 0.717) is 5.57 Å². The Hall–Kier alpha value is -3.34. The van der Waals surface area contributed by atoms with Gasteiger partial charge in [-0.3, -0.25) is 14.5 Å². The van der Waals surface area contributed by atoms with E-state index in [-0.39, 0.29) is 24.3 Å². The van der Waals surface area contributed by atoms with Gasteiger partial charge in [0, 0.05) is 41.3 Å². The number of nitrogens with one attached hydrogen (secondary N) is 2. The van der Waals surface area contributed by atoms with Gasteiger partial charge in [0.25, 0.3) is 5.91 Å². The van der Waals surface area contributed by atoms with Gasteiger partial charge >= 0.3 is 0 Å². The Morgan fingerprint density at radius 2 is 1.92 bits per heavy atom. The van der Waals surface area contributed by atoms with E-state index in [1.54, 1.807) is 0 Å². The zero-order chi connectivity index (χ0) is 17.8. The third kappa shape index (κ3) is 1.97. The number of amides is 2. The Balaban J connectivity index is 1.80. The van der Waals surface area contributed by atoms with E-state index in [2.05, 4.69) is 10.3 Å². The van der Waals surface area contributed by atoms with Gasteiger partial charge in [-0.2, -0.15) is 0 Å². The lowest BCUT2D eigenvalue weighted by molar-refractivity contribution is -0.139. The van der Waals surface area contributed by atoms with Crippen molar-refractivity contribution in [1.29, 1.82) is 0 Å². The molecule has 26 heavy (non-hydrogen) atoms. The van der Waals surface area contributed by atoms with Crippen LogP contribution in [-0.2, 0) is 9.59 Å². The van der Waals surface area contributed by atoms with Crippen LogP contribution in [0.2, 0.25) is 0 Å². The van der Waals surface area contributed by atoms with Crippen LogP contribution in [0.4, 0.5) is 5.69 Å². The van der Waals surface area contributed by atoms with E-state index in [1.165, 1.54) is 11.8 Å². The van der Waals surface area contributed by atoms with Crippen molar-refractivity contribution >= 4 is 28.4 Å². The quantitative estimate of drug-likeness (QED) is 0.712. The minimum absolute atomic E-state index is 0.212. The molecule has 0 fully saturated rings. The molecule has 2 aliphatic rings. The van der Waals surface area contributed by atoms with Gasteiger partial charge in [-0.1, -0.05) is 36.4 Å². The third-order valence-corrected chi connectivity index (χ3v) is 5.25. The maximum atomic E-state index is 13.1. The number of anilines is 1. The summed E-state index contributed by atoms with van der Waals surface area (Å²) >= 11 is 0. The first-order chi connectivity index (χ1) is 12.6. The molecule has 2 aromatic carbocycles. The van der Waals surface area contributed by atoms with Gasteiger partial charge in [0.05, 0.1) is 12.1 Å². The standard InChI is InChI=1S/C21H17N3O2/c1-12(25)24-11-17-20(21(24)26)18(13-6-3-2-4-7-13)14-10-22-15-8-5-9-16(23-17)19(14)15/h2-10,18,22-23H,11H2,1H3. The van der Waals surface area contributed by atoms with Gasteiger partial charge in [-0.05, 0) is 23.3 Å².